The van der Waals surface area contributed by atoms with Crippen LogP contribution in [-0.4, -0.2) is 33.6 Å². The molecule has 2 aliphatic rings. The zero-order valence-corrected chi connectivity index (χ0v) is 17.2. The highest BCUT2D eigenvalue weighted by Gasteiger charge is 2.33. The van der Waals surface area contributed by atoms with Gasteiger partial charge in [0.2, 0.25) is 0 Å². The number of fused-ring (bicyclic) bond motifs is 2. The van der Waals surface area contributed by atoms with Gasteiger partial charge < -0.3 is 9.47 Å². The first kappa shape index (κ1) is 18.6. The number of aryl methyl sites for hydroxylation is 1. The average molecular weight is 388 g/mol. The lowest BCUT2D eigenvalue weighted by Crippen LogP contribution is -2.49. The summed E-state index contributed by atoms with van der Waals surface area (Å²) in [6.45, 7) is 5.32. The van der Waals surface area contributed by atoms with Crippen LogP contribution in [0.15, 0.2) is 53.3 Å². The first-order valence-electron chi connectivity index (χ1n) is 11.0. The summed E-state index contributed by atoms with van der Waals surface area (Å²) in [6, 6.07) is 16.8. The van der Waals surface area contributed by atoms with Crippen molar-refractivity contribution in [2.75, 3.05) is 13.1 Å². The number of rotatable bonds is 3. The third-order valence-electron chi connectivity index (χ3n) is 6.79. The number of nitrogens with zero attached hydrogens (tertiary/aromatic N) is 3. The van der Waals surface area contributed by atoms with Gasteiger partial charge in [-0.2, -0.15) is 0 Å². The molecule has 29 heavy (non-hydrogen) atoms. The van der Waals surface area contributed by atoms with Gasteiger partial charge in [-0.1, -0.05) is 42.8 Å². The second kappa shape index (κ2) is 7.75. The van der Waals surface area contributed by atoms with E-state index in [9.17, 15) is 4.79 Å². The predicted molar refractivity (Wildman–Crippen MR) is 118 cm³/mol. The molecule has 150 valence electrons. The lowest BCUT2D eigenvalue weighted by molar-refractivity contribution is 0.0520. The molecule has 0 amide bonds. The number of aromatic nitrogens is 2. The van der Waals surface area contributed by atoms with E-state index in [1.54, 1.807) is 0 Å². The fraction of sp³-hybridized carbons (Fsp3) is 0.440. The molecule has 3 heterocycles. The van der Waals surface area contributed by atoms with Gasteiger partial charge in [0.1, 0.15) is 5.69 Å². The van der Waals surface area contributed by atoms with Crippen LogP contribution in [0.1, 0.15) is 37.7 Å². The molecule has 2 unspecified atom stereocenters. The van der Waals surface area contributed by atoms with Crippen molar-refractivity contribution in [1.29, 1.82) is 0 Å². The quantitative estimate of drug-likeness (QED) is 0.657. The van der Waals surface area contributed by atoms with Crippen LogP contribution in [0.4, 0.5) is 0 Å². The van der Waals surface area contributed by atoms with Gasteiger partial charge in [-0.05, 0) is 69.3 Å². The minimum absolute atomic E-state index is 0.0421. The minimum atomic E-state index is 0.0421. The maximum Gasteiger partial charge on any atom is 0.277 e. The van der Waals surface area contributed by atoms with E-state index in [1.165, 1.54) is 50.8 Å². The molecule has 2 aliphatic heterocycles. The second-order valence-electron chi connectivity index (χ2n) is 8.74. The van der Waals surface area contributed by atoms with Gasteiger partial charge in [0.25, 0.3) is 5.56 Å². The normalized spacial score (nSPS) is 22.5. The smallest absolute Gasteiger partial charge is 0.277 e. The summed E-state index contributed by atoms with van der Waals surface area (Å²) >= 11 is 0. The van der Waals surface area contributed by atoms with E-state index < -0.39 is 0 Å². The second-order valence-corrected chi connectivity index (χ2v) is 8.74. The monoisotopic (exact) mass is 387 g/mol. The van der Waals surface area contributed by atoms with Crippen LogP contribution in [0.25, 0.3) is 22.3 Å². The van der Waals surface area contributed by atoms with E-state index in [-0.39, 0.29) is 5.56 Å². The van der Waals surface area contributed by atoms with Crippen molar-refractivity contribution in [1.82, 2.24) is 14.5 Å². The maximum absolute atomic E-state index is 13.6. The van der Waals surface area contributed by atoms with Crippen molar-refractivity contribution in [2.45, 2.75) is 51.6 Å². The molecule has 1 aromatic heterocycles. The Labute approximate surface area is 172 Å². The Bertz CT molecular complexity index is 1070. The fourth-order valence-corrected chi connectivity index (χ4v) is 5.35. The lowest BCUT2D eigenvalue weighted by atomic mass is 9.83. The molecule has 2 aromatic carbocycles. The van der Waals surface area contributed by atoms with E-state index in [2.05, 4.69) is 30.0 Å². The van der Waals surface area contributed by atoms with Crippen molar-refractivity contribution < 1.29 is 0 Å². The number of benzene rings is 2. The maximum atomic E-state index is 13.6. The Morgan fingerprint density at radius 1 is 1.00 bits per heavy atom. The van der Waals surface area contributed by atoms with E-state index >= 15 is 0 Å². The summed E-state index contributed by atoms with van der Waals surface area (Å²) in [5.41, 5.74) is 4.57. The molecule has 2 saturated heterocycles. The van der Waals surface area contributed by atoms with Crippen LogP contribution in [0.2, 0.25) is 0 Å². The molecule has 4 heteroatoms. The van der Waals surface area contributed by atoms with Crippen LogP contribution in [0, 0.1) is 12.8 Å². The van der Waals surface area contributed by atoms with Crippen molar-refractivity contribution in [3.05, 3.63) is 64.4 Å². The summed E-state index contributed by atoms with van der Waals surface area (Å²) in [5, 5.41) is 0. The number of hydrogen-bond donors (Lipinski definition) is 0. The minimum Gasteiger partial charge on any atom is -0.305 e. The lowest BCUT2D eigenvalue weighted by Gasteiger charge is -2.44. The Morgan fingerprint density at radius 3 is 2.69 bits per heavy atom. The summed E-state index contributed by atoms with van der Waals surface area (Å²) < 4.78 is 2.02. The van der Waals surface area contributed by atoms with Crippen LogP contribution in [0.5, 0.6) is 0 Å². The van der Waals surface area contributed by atoms with E-state index in [4.69, 9.17) is 4.98 Å². The van der Waals surface area contributed by atoms with Crippen LogP contribution < -0.4 is 5.56 Å². The zero-order valence-electron chi connectivity index (χ0n) is 17.2. The number of hydrogen-bond acceptors (Lipinski definition) is 3. The molecule has 3 aromatic rings. The Hall–Kier alpha value is -2.46. The van der Waals surface area contributed by atoms with Gasteiger partial charge in [0, 0.05) is 18.2 Å². The fourth-order valence-electron chi connectivity index (χ4n) is 5.35. The molecule has 0 bridgehead atoms. The zero-order chi connectivity index (χ0) is 19.8. The highest BCUT2D eigenvalue weighted by atomic mass is 16.1. The average Bonchev–Trinajstić information content (AvgIpc) is 2.76. The molecule has 0 saturated carbocycles. The molecule has 0 spiro atoms. The first-order chi connectivity index (χ1) is 14.2. The van der Waals surface area contributed by atoms with Gasteiger partial charge >= 0.3 is 0 Å². The van der Waals surface area contributed by atoms with Gasteiger partial charge in [-0.3, -0.25) is 4.79 Å². The summed E-state index contributed by atoms with van der Waals surface area (Å²) in [7, 11) is 0. The van der Waals surface area contributed by atoms with Crippen LogP contribution in [0.3, 0.4) is 0 Å². The molecule has 4 nitrogen and oxygen atoms in total. The summed E-state index contributed by atoms with van der Waals surface area (Å²) in [4.78, 5) is 21.1. The standard InChI is InChI=1S/C25H29N3O/c1-18-12-13-23-21(16-18)26-24(19-8-3-2-4-9-19)25(29)28(23)17-20-10-7-15-27-14-6-5-11-22(20)27/h2-4,8-9,12-13,16,20,22H,5-7,10-11,14-15,17H2,1H3. The molecule has 0 aliphatic carbocycles. The van der Waals surface area contributed by atoms with Crippen LogP contribution in [-0.2, 0) is 6.54 Å². The Kier molecular flexibility index (Phi) is 4.96. The third kappa shape index (κ3) is 3.51. The van der Waals surface area contributed by atoms with Gasteiger partial charge in [0.05, 0.1) is 11.0 Å². The molecule has 5 rings (SSSR count). The molecule has 2 atom stereocenters. The topological polar surface area (TPSA) is 38.1 Å². The number of piperidine rings is 2. The van der Waals surface area contributed by atoms with Crippen molar-refractivity contribution in [2.24, 2.45) is 5.92 Å². The molecular formula is C25H29N3O. The third-order valence-corrected chi connectivity index (χ3v) is 6.79. The van der Waals surface area contributed by atoms with Crippen molar-refractivity contribution in [3.8, 4) is 11.3 Å². The SMILES string of the molecule is Cc1ccc2c(c1)nc(-c1ccccc1)c(=O)n2CC1CCCN2CCCCC12. The van der Waals surface area contributed by atoms with Crippen molar-refractivity contribution >= 4 is 11.0 Å². The van der Waals surface area contributed by atoms with Gasteiger partial charge in [-0.25, -0.2) is 4.98 Å². The molecule has 0 N–H and O–H groups in total. The highest BCUT2D eigenvalue weighted by Crippen LogP contribution is 2.32. The summed E-state index contributed by atoms with van der Waals surface area (Å²) in [5.74, 6) is 0.539. The molecule has 2 fully saturated rings. The van der Waals surface area contributed by atoms with E-state index in [0.717, 1.165) is 23.1 Å². The van der Waals surface area contributed by atoms with E-state index in [1.807, 2.05) is 34.9 Å². The largest absolute Gasteiger partial charge is 0.305 e. The van der Waals surface area contributed by atoms with Crippen molar-refractivity contribution in [3.63, 3.8) is 0 Å². The predicted octanol–water partition coefficient (Wildman–Crippen LogP) is 4.64. The summed E-state index contributed by atoms with van der Waals surface area (Å²) in [6.07, 6.45) is 6.36. The molecular weight excluding hydrogens is 358 g/mol. The van der Waals surface area contributed by atoms with Crippen LogP contribution >= 0.6 is 0 Å². The van der Waals surface area contributed by atoms with E-state index in [0.29, 0.717) is 17.7 Å². The first-order valence-corrected chi connectivity index (χ1v) is 11.0. The molecule has 0 radical (unpaired) electrons. The van der Waals surface area contributed by atoms with Gasteiger partial charge in [0.15, 0.2) is 0 Å². The Morgan fingerprint density at radius 2 is 1.83 bits per heavy atom. The van der Waals surface area contributed by atoms with Gasteiger partial charge in [-0.15, -0.1) is 0 Å². The highest BCUT2D eigenvalue weighted by molar-refractivity contribution is 5.78. The Balaban J connectivity index is 1.62.